The molecule has 4 rings (SSSR count). The molecule has 152 valence electrons. The first-order valence-electron chi connectivity index (χ1n) is 9.23. The summed E-state index contributed by atoms with van der Waals surface area (Å²) < 4.78 is 0. The molecule has 0 aliphatic carbocycles. The third-order valence-electron chi connectivity index (χ3n) is 4.60. The zero-order valence-corrected chi connectivity index (χ0v) is 17.8. The molecule has 0 bridgehead atoms. The number of nitrogens with two attached hydrogens (primary N) is 1. The van der Waals surface area contributed by atoms with Crippen molar-refractivity contribution in [2.24, 2.45) is 5.73 Å². The number of fused-ring (bicyclic) bond motifs is 1. The number of benzene rings is 3. The molecule has 0 unspecified atom stereocenters. The van der Waals surface area contributed by atoms with Crippen LogP contribution in [0.4, 0.5) is 0 Å². The number of carboxylic acids is 1. The molecule has 1 heterocycles. The summed E-state index contributed by atoms with van der Waals surface area (Å²) in [6, 6.07) is 22.0. The summed E-state index contributed by atoms with van der Waals surface area (Å²) in [7, 11) is 0. The van der Waals surface area contributed by atoms with Crippen molar-refractivity contribution in [2.45, 2.75) is 13.5 Å². The van der Waals surface area contributed by atoms with Crippen LogP contribution in [0, 0.1) is 6.92 Å². The maximum Gasteiger partial charge on any atom is 0.336 e. The van der Waals surface area contributed by atoms with Gasteiger partial charge in [-0.25, -0.2) is 9.78 Å². The molecule has 0 saturated carbocycles. The number of aromatic nitrogens is 1. The molecule has 30 heavy (non-hydrogen) atoms. The Bertz CT molecular complexity index is 1190. The Morgan fingerprint density at radius 2 is 1.67 bits per heavy atom. The number of para-hydroxylation sites is 1. The van der Waals surface area contributed by atoms with Gasteiger partial charge in [0.25, 0.3) is 0 Å². The first kappa shape index (κ1) is 21.8. The van der Waals surface area contributed by atoms with Gasteiger partial charge < -0.3 is 10.8 Å². The second-order valence-electron chi connectivity index (χ2n) is 6.62. The van der Waals surface area contributed by atoms with Gasteiger partial charge >= 0.3 is 5.97 Å². The molecule has 4 nitrogen and oxygen atoms in total. The molecule has 0 atom stereocenters. The molecule has 3 N–H and O–H groups in total. The third-order valence-corrected chi connectivity index (χ3v) is 5.08. The largest absolute Gasteiger partial charge is 0.478 e. The van der Waals surface area contributed by atoms with Crippen molar-refractivity contribution in [3.8, 4) is 11.3 Å². The number of carbonyl (C=O) groups is 1. The van der Waals surface area contributed by atoms with Crippen molar-refractivity contribution >= 4 is 40.1 Å². The fraction of sp³-hybridized carbons (Fsp3) is 0.0833. The van der Waals surface area contributed by atoms with E-state index in [1.54, 1.807) is 25.1 Å². The minimum absolute atomic E-state index is 0.288. The number of carboxylic acid groups (broad SMARTS) is 1. The summed E-state index contributed by atoms with van der Waals surface area (Å²) in [4.78, 5) is 16.2. The number of hydrogen-bond donors (Lipinski definition) is 2. The first-order chi connectivity index (χ1) is 14.4. The van der Waals surface area contributed by atoms with Gasteiger partial charge in [0.05, 0.1) is 16.8 Å². The number of aromatic carboxylic acids is 1. The molecule has 0 aliphatic heterocycles. The quantitative estimate of drug-likeness (QED) is 0.389. The average Bonchev–Trinajstić information content (AvgIpc) is 2.74. The topological polar surface area (TPSA) is 76.2 Å². The standard InChI is InChI=1S/C17H12ClNO2.C7H8ClN/c1-10-15(17(20)21)13-7-2-3-8-14(13)19-16(10)11-5-4-6-12(18)9-11;8-7-3-1-6(5-9)2-4-7/h2-9H,1H3,(H,20,21);1-4H,5,9H2. The van der Waals surface area contributed by atoms with E-state index in [2.05, 4.69) is 4.98 Å². The first-order valence-corrected chi connectivity index (χ1v) is 9.99. The lowest BCUT2D eigenvalue weighted by atomic mass is 9.98. The van der Waals surface area contributed by atoms with Crippen LogP contribution in [0.15, 0.2) is 72.8 Å². The lowest BCUT2D eigenvalue weighted by Gasteiger charge is -2.12. The molecule has 6 heteroatoms. The molecule has 0 spiro atoms. The second kappa shape index (κ2) is 9.72. The van der Waals surface area contributed by atoms with Gasteiger partial charge in [-0.15, -0.1) is 0 Å². The van der Waals surface area contributed by atoms with Gasteiger partial charge in [0.15, 0.2) is 0 Å². The molecule has 0 radical (unpaired) electrons. The van der Waals surface area contributed by atoms with E-state index in [-0.39, 0.29) is 5.56 Å². The van der Waals surface area contributed by atoms with E-state index in [1.165, 1.54) is 0 Å². The van der Waals surface area contributed by atoms with Gasteiger partial charge in [-0.05, 0) is 48.4 Å². The zero-order chi connectivity index (χ0) is 21.7. The summed E-state index contributed by atoms with van der Waals surface area (Å²) in [6.45, 7) is 2.36. The predicted octanol–water partition coefficient (Wildman–Crippen LogP) is 6.36. The number of rotatable bonds is 3. The SMILES string of the molecule is Cc1c(-c2cccc(Cl)c2)nc2ccccc2c1C(=O)O.NCc1ccc(Cl)cc1. The maximum absolute atomic E-state index is 11.6. The molecule has 0 fully saturated rings. The highest BCUT2D eigenvalue weighted by atomic mass is 35.5. The Kier molecular flexibility index (Phi) is 7.06. The van der Waals surface area contributed by atoms with Crippen molar-refractivity contribution in [2.75, 3.05) is 0 Å². The maximum atomic E-state index is 11.6. The van der Waals surface area contributed by atoms with E-state index in [0.717, 1.165) is 16.1 Å². The smallest absolute Gasteiger partial charge is 0.336 e. The van der Waals surface area contributed by atoms with Crippen LogP contribution in [0.25, 0.3) is 22.2 Å². The number of halogens is 2. The minimum Gasteiger partial charge on any atom is -0.478 e. The highest BCUT2D eigenvalue weighted by molar-refractivity contribution is 6.31. The van der Waals surface area contributed by atoms with Crippen molar-refractivity contribution in [3.63, 3.8) is 0 Å². The summed E-state index contributed by atoms with van der Waals surface area (Å²) in [5, 5.41) is 11.5. The lowest BCUT2D eigenvalue weighted by molar-refractivity contribution is 0.0698. The van der Waals surface area contributed by atoms with Gasteiger partial charge in [-0.2, -0.15) is 0 Å². The van der Waals surface area contributed by atoms with Crippen LogP contribution < -0.4 is 5.73 Å². The van der Waals surface area contributed by atoms with Crippen molar-refractivity contribution in [1.29, 1.82) is 0 Å². The summed E-state index contributed by atoms with van der Waals surface area (Å²) in [5.74, 6) is -0.950. The summed E-state index contributed by atoms with van der Waals surface area (Å²) in [6.07, 6.45) is 0. The molecule has 1 aromatic heterocycles. The van der Waals surface area contributed by atoms with Crippen LogP contribution in [-0.4, -0.2) is 16.1 Å². The fourth-order valence-corrected chi connectivity index (χ4v) is 3.44. The van der Waals surface area contributed by atoms with Crippen LogP contribution in [0.3, 0.4) is 0 Å². The van der Waals surface area contributed by atoms with Crippen LogP contribution in [0.2, 0.25) is 10.0 Å². The van der Waals surface area contributed by atoms with Gasteiger partial charge in [0.1, 0.15) is 0 Å². The van der Waals surface area contributed by atoms with E-state index in [4.69, 9.17) is 28.9 Å². The average molecular weight is 439 g/mol. The molecule has 3 aromatic carbocycles. The lowest BCUT2D eigenvalue weighted by Crippen LogP contribution is -2.04. The van der Waals surface area contributed by atoms with Crippen LogP contribution in [0.5, 0.6) is 0 Å². The van der Waals surface area contributed by atoms with Crippen molar-refractivity contribution in [3.05, 3.63) is 99.5 Å². The number of pyridine rings is 1. The van der Waals surface area contributed by atoms with Gasteiger partial charge in [0, 0.05) is 27.5 Å². The van der Waals surface area contributed by atoms with Crippen LogP contribution in [0.1, 0.15) is 21.5 Å². The molecule has 0 aliphatic rings. The minimum atomic E-state index is -0.950. The van der Waals surface area contributed by atoms with E-state index in [1.807, 2.05) is 54.6 Å². The molecular formula is C24H20Cl2N2O2. The van der Waals surface area contributed by atoms with Crippen molar-refractivity contribution < 1.29 is 9.90 Å². The highest BCUT2D eigenvalue weighted by Crippen LogP contribution is 2.30. The highest BCUT2D eigenvalue weighted by Gasteiger charge is 2.17. The Balaban J connectivity index is 0.000000239. The zero-order valence-electron chi connectivity index (χ0n) is 16.3. The fourth-order valence-electron chi connectivity index (χ4n) is 3.12. The number of hydrogen-bond acceptors (Lipinski definition) is 3. The van der Waals surface area contributed by atoms with E-state index < -0.39 is 5.97 Å². The molecule has 0 saturated heterocycles. The number of nitrogens with zero attached hydrogens (tertiary/aromatic N) is 1. The second-order valence-corrected chi connectivity index (χ2v) is 7.50. The van der Waals surface area contributed by atoms with Crippen molar-refractivity contribution in [1.82, 2.24) is 4.98 Å². The molecule has 0 amide bonds. The van der Waals surface area contributed by atoms with Crippen LogP contribution >= 0.6 is 23.2 Å². The van der Waals surface area contributed by atoms with Gasteiger partial charge in [0.2, 0.25) is 0 Å². The Morgan fingerprint density at radius 1 is 0.967 bits per heavy atom. The normalized spacial score (nSPS) is 10.4. The Morgan fingerprint density at radius 3 is 2.30 bits per heavy atom. The van der Waals surface area contributed by atoms with Crippen LogP contribution in [-0.2, 0) is 6.54 Å². The Labute approximate surface area is 184 Å². The van der Waals surface area contributed by atoms with E-state index in [0.29, 0.717) is 33.7 Å². The van der Waals surface area contributed by atoms with Gasteiger partial charge in [-0.3, -0.25) is 0 Å². The monoisotopic (exact) mass is 438 g/mol. The Hall–Kier alpha value is -2.92. The molecule has 4 aromatic rings. The predicted molar refractivity (Wildman–Crippen MR) is 123 cm³/mol. The molecular weight excluding hydrogens is 419 g/mol. The summed E-state index contributed by atoms with van der Waals surface area (Å²) in [5.41, 5.74) is 9.52. The van der Waals surface area contributed by atoms with E-state index >= 15 is 0 Å². The van der Waals surface area contributed by atoms with E-state index in [9.17, 15) is 9.90 Å². The van der Waals surface area contributed by atoms with Gasteiger partial charge in [-0.1, -0.05) is 65.7 Å². The summed E-state index contributed by atoms with van der Waals surface area (Å²) >= 11 is 11.7. The third kappa shape index (κ3) is 4.97.